The van der Waals surface area contributed by atoms with E-state index in [1.54, 1.807) is 13.2 Å². The molecule has 0 saturated carbocycles. The minimum absolute atomic E-state index is 0.274. The Labute approximate surface area is 127 Å². The van der Waals surface area contributed by atoms with Gasteiger partial charge in [-0.05, 0) is 24.6 Å². The lowest BCUT2D eigenvalue weighted by molar-refractivity contribution is 0.410. The Morgan fingerprint density at radius 3 is 2.86 bits per heavy atom. The Morgan fingerprint density at radius 1 is 1.38 bits per heavy atom. The zero-order chi connectivity index (χ0) is 15.2. The fraction of sp³-hybridized carbons (Fsp3) is 0.429. The standard InChI is InChI=1S/C14H19FN4OS/c1-3-6-19-13(8-16)17-18-14(19)21-9-10-7-11(15)4-5-12(10)20-2/h4-5,7H,3,6,8-9,16H2,1-2H3. The Morgan fingerprint density at radius 2 is 2.19 bits per heavy atom. The van der Waals surface area contributed by atoms with Gasteiger partial charge in [0.2, 0.25) is 0 Å². The number of hydrogen-bond acceptors (Lipinski definition) is 5. The first-order valence-electron chi connectivity index (χ1n) is 6.77. The third kappa shape index (κ3) is 3.74. The Balaban J connectivity index is 2.16. The van der Waals surface area contributed by atoms with Crippen LogP contribution in [-0.2, 0) is 18.8 Å². The van der Waals surface area contributed by atoms with Crippen LogP contribution in [0.2, 0.25) is 0 Å². The van der Waals surface area contributed by atoms with Gasteiger partial charge in [-0.15, -0.1) is 10.2 Å². The summed E-state index contributed by atoms with van der Waals surface area (Å²) in [5, 5.41) is 9.04. The van der Waals surface area contributed by atoms with Crippen LogP contribution in [0.5, 0.6) is 5.75 Å². The van der Waals surface area contributed by atoms with Crippen molar-refractivity contribution in [3.8, 4) is 5.75 Å². The monoisotopic (exact) mass is 310 g/mol. The summed E-state index contributed by atoms with van der Waals surface area (Å²) >= 11 is 1.50. The number of halogens is 1. The molecule has 0 spiro atoms. The highest BCUT2D eigenvalue weighted by Gasteiger charge is 2.12. The molecule has 114 valence electrons. The van der Waals surface area contributed by atoms with Crippen molar-refractivity contribution in [1.82, 2.24) is 14.8 Å². The summed E-state index contributed by atoms with van der Waals surface area (Å²) in [6.07, 6.45) is 0.974. The van der Waals surface area contributed by atoms with E-state index in [0.29, 0.717) is 18.0 Å². The third-order valence-corrected chi connectivity index (χ3v) is 4.04. The first kappa shape index (κ1) is 15.8. The maximum Gasteiger partial charge on any atom is 0.191 e. The van der Waals surface area contributed by atoms with E-state index in [9.17, 15) is 4.39 Å². The van der Waals surface area contributed by atoms with E-state index in [-0.39, 0.29) is 5.82 Å². The summed E-state index contributed by atoms with van der Waals surface area (Å²) in [7, 11) is 1.58. The molecule has 2 aromatic rings. The molecule has 0 atom stereocenters. The van der Waals surface area contributed by atoms with Crippen molar-refractivity contribution >= 4 is 11.8 Å². The summed E-state index contributed by atoms with van der Waals surface area (Å²) in [5.74, 6) is 1.73. The second-order valence-corrected chi connectivity index (χ2v) is 5.44. The highest BCUT2D eigenvalue weighted by Crippen LogP contribution is 2.28. The molecule has 2 N–H and O–H groups in total. The number of rotatable bonds is 7. The lowest BCUT2D eigenvalue weighted by atomic mass is 10.2. The molecule has 0 fully saturated rings. The van der Waals surface area contributed by atoms with Gasteiger partial charge in [0.15, 0.2) is 5.16 Å². The topological polar surface area (TPSA) is 66.0 Å². The Hall–Kier alpha value is -1.60. The Bertz CT molecular complexity index is 603. The van der Waals surface area contributed by atoms with Crippen molar-refractivity contribution in [3.05, 3.63) is 35.4 Å². The predicted octanol–water partition coefficient (Wildman–Crippen LogP) is 2.59. The average Bonchev–Trinajstić information content (AvgIpc) is 2.88. The van der Waals surface area contributed by atoms with Crippen LogP contribution in [0.25, 0.3) is 0 Å². The van der Waals surface area contributed by atoms with Gasteiger partial charge in [-0.2, -0.15) is 0 Å². The molecule has 0 bridgehead atoms. The summed E-state index contributed by atoms with van der Waals surface area (Å²) in [4.78, 5) is 0. The molecular formula is C14H19FN4OS. The average molecular weight is 310 g/mol. The number of nitrogens with two attached hydrogens (primary N) is 1. The quantitative estimate of drug-likeness (QED) is 0.796. The second-order valence-electron chi connectivity index (χ2n) is 4.50. The highest BCUT2D eigenvalue weighted by atomic mass is 32.2. The van der Waals surface area contributed by atoms with Crippen LogP contribution in [0.3, 0.4) is 0 Å². The van der Waals surface area contributed by atoms with Crippen molar-refractivity contribution in [2.45, 2.75) is 37.3 Å². The molecule has 1 aromatic heterocycles. The molecule has 0 radical (unpaired) electrons. The van der Waals surface area contributed by atoms with Gasteiger partial charge >= 0.3 is 0 Å². The molecule has 7 heteroatoms. The summed E-state index contributed by atoms with van der Waals surface area (Å²) in [6.45, 7) is 3.27. The van der Waals surface area contributed by atoms with Crippen molar-refractivity contribution in [2.75, 3.05) is 7.11 Å². The van der Waals surface area contributed by atoms with Crippen molar-refractivity contribution in [1.29, 1.82) is 0 Å². The van der Waals surface area contributed by atoms with E-state index in [4.69, 9.17) is 10.5 Å². The zero-order valence-electron chi connectivity index (χ0n) is 12.2. The fourth-order valence-corrected chi connectivity index (χ4v) is 2.99. The fourth-order valence-electron chi connectivity index (χ4n) is 2.03. The molecule has 0 aliphatic carbocycles. The summed E-state index contributed by atoms with van der Waals surface area (Å²) in [6, 6.07) is 4.50. The van der Waals surface area contributed by atoms with Gasteiger partial charge in [0.1, 0.15) is 17.4 Å². The first-order chi connectivity index (χ1) is 10.2. The van der Waals surface area contributed by atoms with Gasteiger partial charge in [-0.1, -0.05) is 18.7 Å². The SMILES string of the molecule is CCCn1c(CN)nnc1SCc1cc(F)ccc1OC. The minimum Gasteiger partial charge on any atom is -0.496 e. The van der Waals surface area contributed by atoms with E-state index < -0.39 is 0 Å². The van der Waals surface area contributed by atoms with E-state index in [0.717, 1.165) is 29.5 Å². The number of thioether (sulfide) groups is 1. The van der Waals surface area contributed by atoms with E-state index in [1.165, 1.54) is 23.9 Å². The number of nitrogens with zero attached hydrogens (tertiary/aromatic N) is 3. The normalized spacial score (nSPS) is 10.9. The summed E-state index contributed by atoms with van der Waals surface area (Å²) < 4.78 is 20.6. The minimum atomic E-state index is -0.274. The molecule has 0 aliphatic rings. The molecule has 0 saturated heterocycles. The molecule has 1 heterocycles. The number of benzene rings is 1. The van der Waals surface area contributed by atoms with Crippen LogP contribution in [0.15, 0.2) is 23.4 Å². The molecule has 0 aliphatic heterocycles. The predicted molar refractivity (Wildman–Crippen MR) is 80.7 cm³/mol. The van der Waals surface area contributed by atoms with E-state index >= 15 is 0 Å². The molecule has 1 aromatic carbocycles. The molecule has 5 nitrogen and oxygen atoms in total. The third-order valence-electron chi connectivity index (χ3n) is 3.02. The van der Waals surface area contributed by atoms with Crippen LogP contribution in [0, 0.1) is 5.82 Å². The molecule has 2 rings (SSSR count). The van der Waals surface area contributed by atoms with Gasteiger partial charge in [0.25, 0.3) is 0 Å². The maximum absolute atomic E-state index is 13.4. The molecule has 0 unspecified atom stereocenters. The van der Waals surface area contributed by atoms with Crippen molar-refractivity contribution in [2.24, 2.45) is 5.73 Å². The highest BCUT2D eigenvalue weighted by molar-refractivity contribution is 7.98. The number of aromatic nitrogens is 3. The van der Waals surface area contributed by atoms with Crippen molar-refractivity contribution in [3.63, 3.8) is 0 Å². The molecule has 0 amide bonds. The van der Waals surface area contributed by atoms with E-state index in [1.807, 2.05) is 4.57 Å². The van der Waals surface area contributed by atoms with Gasteiger partial charge in [-0.25, -0.2) is 4.39 Å². The maximum atomic E-state index is 13.4. The largest absolute Gasteiger partial charge is 0.496 e. The van der Waals surface area contributed by atoms with Gasteiger partial charge in [-0.3, -0.25) is 0 Å². The van der Waals surface area contributed by atoms with Gasteiger partial charge in [0.05, 0.1) is 13.7 Å². The van der Waals surface area contributed by atoms with Gasteiger partial charge in [0, 0.05) is 17.9 Å². The number of hydrogen-bond donors (Lipinski definition) is 1. The van der Waals surface area contributed by atoms with Crippen LogP contribution in [0.4, 0.5) is 4.39 Å². The Kier molecular flexibility index (Phi) is 5.58. The molecule has 21 heavy (non-hydrogen) atoms. The lowest BCUT2D eigenvalue weighted by Gasteiger charge is -2.10. The van der Waals surface area contributed by atoms with Crippen LogP contribution in [0.1, 0.15) is 24.7 Å². The lowest BCUT2D eigenvalue weighted by Crippen LogP contribution is -2.09. The van der Waals surface area contributed by atoms with Crippen LogP contribution >= 0.6 is 11.8 Å². The van der Waals surface area contributed by atoms with Gasteiger partial charge < -0.3 is 15.0 Å². The zero-order valence-corrected chi connectivity index (χ0v) is 13.0. The van der Waals surface area contributed by atoms with Crippen LogP contribution < -0.4 is 10.5 Å². The number of methoxy groups -OCH3 is 1. The summed E-state index contributed by atoms with van der Waals surface area (Å²) in [5.41, 5.74) is 6.46. The first-order valence-corrected chi connectivity index (χ1v) is 7.75. The smallest absolute Gasteiger partial charge is 0.191 e. The molecular weight excluding hydrogens is 291 g/mol. The second kappa shape index (κ2) is 7.42. The van der Waals surface area contributed by atoms with E-state index in [2.05, 4.69) is 17.1 Å². The van der Waals surface area contributed by atoms with Crippen LogP contribution in [-0.4, -0.2) is 21.9 Å². The van der Waals surface area contributed by atoms with Crippen molar-refractivity contribution < 1.29 is 9.13 Å². The number of ether oxygens (including phenoxy) is 1.